The molecule has 1 aromatic rings. The summed E-state index contributed by atoms with van der Waals surface area (Å²) in [6.07, 6.45) is 4.97. The Balaban J connectivity index is 1.60. The van der Waals surface area contributed by atoms with Gasteiger partial charge >= 0.3 is 0 Å². The molecule has 2 N–H and O–H groups in total. The monoisotopic (exact) mass is 260 g/mol. The van der Waals surface area contributed by atoms with Crippen molar-refractivity contribution in [3.8, 4) is 0 Å². The molecule has 0 bridgehead atoms. The molecule has 3 nitrogen and oxygen atoms in total. The van der Waals surface area contributed by atoms with Crippen molar-refractivity contribution in [2.75, 3.05) is 31.1 Å². The summed E-state index contributed by atoms with van der Waals surface area (Å²) in [4.78, 5) is 2.50. The quantitative estimate of drug-likeness (QED) is 0.822. The van der Waals surface area contributed by atoms with Crippen molar-refractivity contribution >= 4 is 5.69 Å². The second kappa shape index (κ2) is 5.51. The Morgan fingerprint density at radius 3 is 2.58 bits per heavy atom. The van der Waals surface area contributed by atoms with Crippen LogP contribution in [0.5, 0.6) is 0 Å². The van der Waals surface area contributed by atoms with Crippen LogP contribution in [-0.2, 0) is 6.54 Å². The fourth-order valence-corrected chi connectivity index (χ4v) is 2.96. The Morgan fingerprint density at radius 1 is 1.16 bits per heavy atom. The third-order valence-corrected chi connectivity index (χ3v) is 4.55. The summed E-state index contributed by atoms with van der Waals surface area (Å²) >= 11 is 0. The summed E-state index contributed by atoms with van der Waals surface area (Å²) in [7, 11) is 0. The molecular formula is C16H24N2O. The van der Waals surface area contributed by atoms with E-state index < -0.39 is 0 Å². The minimum Gasteiger partial charge on any atom is -0.396 e. The molecule has 104 valence electrons. The summed E-state index contributed by atoms with van der Waals surface area (Å²) in [5.41, 5.74) is 2.97. The van der Waals surface area contributed by atoms with Crippen molar-refractivity contribution in [2.24, 2.45) is 5.41 Å². The van der Waals surface area contributed by atoms with Crippen LogP contribution in [0.15, 0.2) is 24.3 Å². The summed E-state index contributed by atoms with van der Waals surface area (Å²) in [6, 6.07) is 8.71. The van der Waals surface area contributed by atoms with Crippen LogP contribution in [-0.4, -0.2) is 31.3 Å². The second-order valence-electron chi connectivity index (χ2n) is 6.08. The molecule has 2 aliphatic rings. The molecule has 0 amide bonds. The molecule has 0 unspecified atom stereocenters. The predicted molar refractivity (Wildman–Crippen MR) is 78.3 cm³/mol. The summed E-state index contributed by atoms with van der Waals surface area (Å²) in [5, 5.41) is 12.9. The minimum absolute atomic E-state index is 0.197. The van der Waals surface area contributed by atoms with Crippen molar-refractivity contribution in [1.82, 2.24) is 5.32 Å². The molecule has 1 aliphatic heterocycles. The van der Waals surface area contributed by atoms with E-state index in [4.69, 9.17) is 0 Å². The normalized spacial score (nSPS) is 20.8. The van der Waals surface area contributed by atoms with Crippen LogP contribution < -0.4 is 10.2 Å². The van der Waals surface area contributed by atoms with Crippen LogP contribution in [0, 0.1) is 5.41 Å². The molecule has 2 fully saturated rings. The van der Waals surface area contributed by atoms with Crippen LogP contribution in [0.4, 0.5) is 5.69 Å². The highest BCUT2D eigenvalue weighted by atomic mass is 16.3. The number of para-hydroxylation sites is 1. The Kier molecular flexibility index (Phi) is 3.76. The third kappa shape index (κ3) is 2.93. The number of hydrogen-bond acceptors (Lipinski definition) is 3. The molecule has 3 heteroatoms. The van der Waals surface area contributed by atoms with E-state index in [-0.39, 0.29) is 5.41 Å². The van der Waals surface area contributed by atoms with Crippen LogP contribution in [0.25, 0.3) is 0 Å². The average molecular weight is 260 g/mol. The fraction of sp³-hybridized carbons (Fsp3) is 0.625. The Hall–Kier alpha value is -1.06. The Bertz CT molecular complexity index is 423. The first-order valence-electron chi connectivity index (χ1n) is 7.47. The van der Waals surface area contributed by atoms with E-state index >= 15 is 0 Å². The van der Waals surface area contributed by atoms with Gasteiger partial charge in [-0.15, -0.1) is 0 Å². The van der Waals surface area contributed by atoms with Gasteiger partial charge in [0.05, 0.1) is 0 Å². The number of nitrogens with one attached hydrogen (secondary N) is 1. The Morgan fingerprint density at radius 2 is 1.89 bits per heavy atom. The molecule has 0 spiro atoms. The maximum absolute atomic E-state index is 9.33. The lowest BCUT2D eigenvalue weighted by Crippen LogP contribution is -2.27. The van der Waals surface area contributed by atoms with Gasteiger partial charge in [0.2, 0.25) is 0 Å². The maximum atomic E-state index is 9.33. The van der Waals surface area contributed by atoms with Crippen molar-refractivity contribution in [1.29, 1.82) is 0 Å². The van der Waals surface area contributed by atoms with E-state index in [1.165, 1.54) is 50.0 Å². The molecular weight excluding hydrogens is 236 g/mol. The van der Waals surface area contributed by atoms with Crippen LogP contribution in [0.1, 0.15) is 31.2 Å². The number of rotatable bonds is 6. The molecule has 1 saturated heterocycles. The van der Waals surface area contributed by atoms with Crippen molar-refractivity contribution in [3.63, 3.8) is 0 Å². The predicted octanol–water partition coefficient (Wildman–Crippen LogP) is 2.15. The summed E-state index contributed by atoms with van der Waals surface area (Å²) in [6.45, 7) is 4.56. The van der Waals surface area contributed by atoms with E-state index in [1.54, 1.807) is 0 Å². The van der Waals surface area contributed by atoms with E-state index in [0.717, 1.165) is 13.1 Å². The number of anilines is 1. The van der Waals surface area contributed by atoms with E-state index in [2.05, 4.69) is 34.5 Å². The molecule has 3 rings (SSSR count). The van der Waals surface area contributed by atoms with Crippen LogP contribution in [0.3, 0.4) is 0 Å². The number of hydrogen-bond donors (Lipinski definition) is 2. The lowest BCUT2D eigenvalue weighted by Gasteiger charge is -2.22. The molecule has 0 radical (unpaired) electrons. The lowest BCUT2D eigenvalue weighted by molar-refractivity contribution is 0.207. The number of aliphatic hydroxyl groups excluding tert-OH is 1. The fourth-order valence-electron chi connectivity index (χ4n) is 2.96. The number of aliphatic hydroxyl groups is 1. The largest absolute Gasteiger partial charge is 0.396 e. The lowest BCUT2D eigenvalue weighted by atomic mass is 10.1. The zero-order valence-electron chi connectivity index (χ0n) is 11.6. The molecule has 19 heavy (non-hydrogen) atoms. The summed E-state index contributed by atoms with van der Waals surface area (Å²) in [5.74, 6) is 0. The highest BCUT2D eigenvalue weighted by molar-refractivity contribution is 5.54. The van der Waals surface area contributed by atoms with Gasteiger partial charge in [-0.3, -0.25) is 0 Å². The first-order valence-corrected chi connectivity index (χ1v) is 7.47. The number of benzene rings is 1. The zero-order chi connectivity index (χ0) is 13.1. The Labute approximate surface area is 115 Å². The second-order valence-corrected chi connectivity index (χ2v) is 6.08. The van der Waals surface area contributed by atoms with Crippen molar-refractivity contribution in [3.05, 3.63) is 29.8 Å². The topological polar surface area (TPSA) is 35.5 Å². The third-order valence-electron chi connectivity index (χ3n) is 4.55. The smallest absolute Gasteiger partial charge is 0.0499 e. The van der Waals surface area contributed by atoms with Gasteiger partial charge in [0.25, 0.3) is 0 Å². The average Bonchev–Trinajstić information content (AvgIpc) is 3.02. The van der Waals surface area contributed by atoms with Gasteiger partial charge in [0.1, 0.15) is 0 Å². The molecule has 1 aliphatic carbocycles. The molecule has 1 saturated carbocycles. The van der Waals surface area contributed by atoms with Gasteiger partial charge < -0.3 is 15.3 Å². The van der Waals surface area contributed by atoms with Gasteiger partial charge in [0.15, 0.2) is 0 Å². The maximum Gasteiger partial charge on any atom is 0.0499 e. The highest BCUT2D eigenvalue weighted by Crippen LogP contribution is 2.44. The molecule has 1 aromatic carbocycles. The van der Waals surface area contributed by atoms with Gasteiger partial charge in [-0.1, -0.05) is 18.2 Å². The molecule has 1 heterocycles. The van der Waals surface area contributed by atoms with E-state index in [9.17, 15) is 5.11 Å². The highest BCUT2D eigenvalue weighted by Gasteiger charge is 2.41. The minimum atomic E-state index is 0.197. The SMILES string of the molecule is OCC1(CNCc2ccccc2N2CCCC2)CC1. The molecule has 0 aromatic heterocycles. The van der Waals surface area contributed by atoms with Crippen LogP contribution >= 0.6 is 0 Å². The van der Waals surface area contributed by atoms with Gasteiger partial charge in [-0.05, 0) is 37.3 Å². The van der Waals surface area contributed by atoms with Gasteiger partial charge in [-0.25, -0.2) is 0 Å². The van der Waals surface area contributed by atoms with Crippen LogP contribution in [0.2, 0.25) is 0 Å². The first-order chi connectivity index (χ1) is 9.33. The first kappa shape index (κ1) is 12.9. The molecule has 0 atom stereocenters. The van der Waals surface area contributed by atoms with E-state index in [1.807, 2.05) is 0 Å². The zero-order valence-corrected chi connectivity index (χ0v) is 11.6. The van der Waals surface area contributed by atoms with Crippen molar-refractivity contribution in [2.45, 2.75) is 32.2 Å². The van der Waals surface area contributed by atoms with Crippen molar-refractivity contribution < 1.29 is 5.11 Å². The standard InChI is InChI=1S/C16H24N2O/c19-13-16(7-8-16)12-17-11-14-5-1-2-6-15(14)18-9-3-4-10-18/h1-2,5-6,17,19H,3-4,7-13H2. The van der Waals surface area contributed by atoms with Gasteiger partial charge in [0, 0.05) is 43.9 Å². The summed E-state index contributed by atoms with van der Waals surface area (Å²) < 4.78 is 0. The van der Waals surface area contributed by atoms with Gasteiger partial charge in [-0.2, -0.15) is 0 Å². The van der Waals surface area contributed by atoms with E-state index in [0.29, 0.717) is 6.61 Å². The number of nitrogens with zero attached hydrogens (tertiary/aromatic N) is 1.